The van der Waals surface area contributed by atoms with Crippen LogP contribution in [0.25, 0.3) is 0 Å². The van der Waals surface area contributed by atoms with E-state index < -0.39 is 0 Å². The average Bonchev–Trinajstić information content (AvgIpc) is 2.00. The van der Waals surface area contributed by atoms with Gasteiger partial charge in [0.1, 0.15) is 0 Å². The molecule has 0 unspecified atom stereocenters. The van der Waals surface area contributed by atoms with Gasteiger partial charge in [0.05, 0.1) is 12.0 Å². The number of ether oxygens (including phenoxy) is 1. The molecule has 0 radical (unpaired) electrons. The molecule has 0 rings (SSSR count). The Labute approximate surface area is 94.4 Å². The summed E-state index contributed by atoms with van der Waals surface area (Å²) in [5.41, 5.74) is -0.342. The van der Waals surface area contributed by atoms with Crippen LogP contribution in [0.2, 0.25) is 0 Å². The molecule has 2 nitrogen and oxygen atoms in total. The second kappa shape index (κ2) is 6.14. The quantitative estimate of drug-likeness (QED) is 0.631. The van der Waals surface area contributed by atoms with E-state index in [1.54, 1.807) is 0 Å². The maximum Gasteiger partial charge on any atom is 0.311 e. The summed E-state index contributed by atoms with van der Waals surface area (Å²) in [7, 11) is 0. The molecule has 0 amide bonds. The van der Waals surface area contributed by atoms with Gasteiger partial charge in [0.15, 0.2) is 0 Å². The molecule has 0 atom stereocenters. The summed E-state index contributed by atoms with van der Waals surface area (Å²) < 4.78 is 5.28. The molecule has 0 N–H and O–H groups in total. The Bertz CT molecular complexity index is 193. The number of carbonyl (C=O) groups excluding carboxylic acids is 1. The SMILES string of the molecule is CC(C)CCOC(=O)C(C)(C)CC(C)C. The van der Waals surface area contributed by atoms with Crippen LogP contribution in [0.3, 0.4) is 0 Å². The third-order valence-corrected chi connectivity index (χ3v) is 2.40. The van der Waals surface area contributed by atoms with Crippen molar-refractivity contribution in [2.24, 2.45) is 17.3 Å². The summed E-state index contributed by atoms with van der Waals surface area (Å²) in [5.74, 6) is 1.06. The van der Waals surface area contributed by atoms with Crippen LogP contribution in [0.4, 0.5) is 0 Å². The largest absolute Gasteiger partial charge is 0.465 e. The summed E-state index contributed by atoms with van der Waals surface area (Å²) in [5, 5.41) is 0. The molecule has 0 bridgehead atoms. The van der Waals surface area contributed by atoms with E-state index in [1.807, 2.05) is 13.8 Å². The monoisotopic (exact) mass is 214 g/mol. The normalized spacial score (nSPS) is 12.3. The van der Waals surface area contributed by atoms with Gasteiger partial charge >= 0.3 is 5.97 Å². The summed E-state index contributed by atoms with van der Waals surface area (Å²) >= 11 is 0. The predicted molar refractivity (Wildman–Crippen MR) is 63.7 cm³/mol. The number of carbonyl (C=O) groups is 1. The van der Waals surface area contributed by atoms with Crippen LogP contribution in [0.15, 0.2) is 0 Å². The Morgan fingerprint density at radius 1 is 1.13 bits per heavy atom. The standard InChI is InChI=1S/C13H26O2/c1-10(2)7-8-15-12(14)13(5,6)9-11(3)4/h10-11H,7-9H2,1-6H3. The first kappa shape index (κ1) is 14.5. The molecule has 0 aliphatic carbocycles. The fourth-order valence-corrected chi connectivity index (χ4v) is 1.69. The highest BCUT2D eigenvalue weighted by molar-refractivity contribution is 5.75. The Balaban J connectivity index is 3.97. The first-order valence-electron chi connectivity index (χ1n) is 5.93. The van der Waals surface area contributed by atoms with Gasteiger partial charge in [-0.15, -0.1) is 0 Å². The van der Waals surface area contributed by atoms with Gasteiger partial charge in [-0.05, 0) is 38.5 Å². The number of rotatable bonds is 6. The summed E-state index contributed by atoms with van der Waals surface area (Å²) in [6, 6.07) is 0. The smallest absolute Gasteiger partial charge is 0.311 e. The molecule has 0 aliphatic heterocycles. The minimum atomic E-state index is -0.342. The number of esters is 1. The first-order valence-corrected chi connectivity index (χ1v) is 5.93. The minimum Gasteiger partial charge on any atom is -0.465 e. The van der Waals surface area contributed by atoms with Crippen LogP contribution in [-0.2, 0) is 9.53 Å². The zero-order valence-corrected chi connectivity index (χ0v) is 11.1. The van der Waals surface area contributed by atoms with Crippen LogP contribution in [0, 0.1) is 17.3 Å². The minimum absolute atomic E-state index is 0.0585. The highest BCUT2D eigenvalue weighted by Gasteiger charge is 2.29. The van der Waals surface area contributed by atoms with Crippen LogP contribution >= 0.6 is 0 Å². The van der Waals surface area contributed by atoms with Gasteiger partial charge in [0.25, 0.3) is 0 Å². The molecule has 0 fully saturated rings. The molecule has 0 saturated heterocycles. The highest BCUT2D eigenvalue weighted by atomic mass is 16.5. The first-order chi connectivity index (χ1) is 6.75. The Kier molecular flexibility index (Phi) is 5.92. The third-order valence-electron chi connectivity index (χ3n) is 2.40. The molecule has 0 aromatic heterocycles. The van der Waals surface area contributed by atoms with Gasteiger partial charge in [0, 0.05) is 0 Å². The van der Waals surface area contributed by atoms with Gasteiger partial charge in [-0.1, -0.05) is 27.7 Å². The maximum absolute atomic E-state index is 11.8. The van der Waals surface area contributed by atoms with Crippen molar-refractivity contribution in [3.63, 3.8) is 0 Å². The summed E-state index contributed by atoms with van der Waals surface area (Å²) in [6.45, 7) is 13.0. The molecule has 0 spiro atoms. The predicted octanol–water partition coefficient (Wildman–Crippen LogP) is 3.65. The second-order valence-electron chi connectivity index (χ2n) is 5.80. The van der Waals surface area contributed by atoms with Crippen molar-refractivity contribution < 1.29 is 9.53 Å². The Hall–Kier alpha value is -0.530. The van der Waals surface area contributed by atoms with Crippen LogP contribution in [0.1, 0.15) is 54.4 Å². The van der Waals surface area contributed by atoms with Gasteiger partial charge in [0.2, 0.25) is 0 Å². The lowest BCUT2D eigenvalue weighted by molar-refractivity contribution is -0.155. The number of hydrogen-bond acceptors (Lipinski definition) is 2. The molecule has 2 heteroatoms. The molecule has 0 aliphatic rings. The Morgan fingerprint density at radius 2 is 1.67 bits per heavy atom. The van der Waals surface area contributed by atoms with E-state index in [1.165, 1.54) is 0 Å². The van der Waals surface area contributed by atoms with Crippen LogP contribution in [-0.4, -0.2) is 12.6 Å². The van der Waals surface area contributed by atoms with Gasteiger partial charge in [-0.3, -0.25) is 4.79 Å². The summed E-state index contributed by atoms with van der Waals surface area (Å²) in [4.78, 5) is 11.8. The average molecular weight is 214 g/mol. The molecule has 90 valence electrons. The molecule has 0 aromatic rings. The second-order valence-corrected chi connectivity index (χ2v) is 5.80. The lowest BCUT2D eigenvalue weighted by Gasteiger charge is -2.24. The van der Waals surface area contributed by atoms with Gasteiger partial charge in [-0.25, -0.2) is 0 Å². The fourth-order valence-electron chi connectivity index (χ4n) is 1.69. The zero-order chi connectivity index (χ0) is 12.1. The lowest BCUT2D eigenvalue weighted by atomic mass is 9.84. The van der Waals surface area contributed by atoms with E-state index in [-0.39, 0.29) is 11.4 Å². The molecular formula is C13H26O2. The topological polar surface area (TPSA) is 26.3 Å². The molecule has 15 heavy (non-hydrogen) atoms. The van der Waals surface area contributed by atoms with Crippen molar-refractivity contribution in [3.05, 3.63) is 0 Å². The van der Waals surface area contributed by atoms with E-state index >= 15 is 0 Å². The molecule has 0 heterocycles. The van der Waals surface area contributed by atoms with Crippen molar-refractivity contribution in [1.29, 1.82) is 0 Å². The summed E-state index contributed by atoms with van der Waals surface area (Å²) in [6.07, 6.45) is 1.83. The maximum atomic E-state index is 11.8. The van der Waals surface area contributed by atoms with Gasteiger partial charge in [-0.2, -0.15) is 0 Å². The van der Waals surface area contributed by atoms with E-state index in [0.29, 0.717) is 18.4 Å². The molecule has 0 saturated carbocycles. The van der Waals surface area contributed by atoms with Crippen molar-refractivity contribution in [2.45, 2.75) is 54.4 Å². The van der Waals surface area contributed by atoms with Crippen molar-refractivity contribution >= 4 is 5.97 Å². The highest BCUT2D eigenvalue weighted by Crippen LogP contribution is 2.26. The van der Waals surface area contributed by atoms with E-state index in [2.05, 4.69) is 27.7 Å². The molecule has 0 aromatic carbocycles. The van der Waals surface area contributed by atoms with Gasteiger partial charge < -0.3 is 4.74 Å². The lowest BCUT2D eigenvalue weighted by Crippen LogP contribution is -2.28. The van der Waals surface area contributed by atoms with Crippen LogP contribution in [0.5, 0.6) is 0 Å². The molecular weight excluding hydrogens is 188 g/mol. The zero-order valence-electron chi connectivity index (χ0n) is 11.1. The van der Waals surface area contributed by atoms with Crippen LogP contribution < -0.4 is 0 Å². The Morgan fingerprint density at radius 3 is 2.07 bits per heavy atom. The third kappa shape index (κ3) is 6.53. The van der Waals surface area contributed by atoms with Crippen molar-refractivity contribution in [2.75, 3.05) is 6.61 Å². The van der Waals surface area contributed by atoms with Crippen molar-refractivity contribution in [3.8, 4) is 0 Å². The van der Waals surface area contributed by atoms with E-state index in [9.17, 15) is 4.79 Å². The van der Waals surface area contributed by atoms with E-state index in [0.717, 1.165) is 12.8 Å². The van der Waals surface area contributed by atoms with E-state index in [4.69, 9.17) is 4.74 Å². The fraction of sp³-hybridized carbons (Fsp3) is 0.923. The number of hydrogen-bond donors (Lipinski definition) is 0. The van der Waals surface area contributed by atoms with Crippen molar-refractivity contribution in [1.82, 2.24) is 0 Å².